The number of nitrogens with one attached hydrogen (secondary N) is 1. The highest BCUT2D eigenvalue weighted by molar-refractivity contribution is 5.85. The largest absolute Gasteiger partial charge is 0.441 e. The molecule has 2 aromatic rings. The van der Waals surface area contributed by atoms with Crippen molar-refractivity contribution in [1.82, 2.24) is 15.2 Å². The Morgan fingerprint density at radius 2 is 2.12 bits per heavy atom. The minimum atomic E-state index is 0. The van der Waals surface area contributed by atoms with Gasteiger partial charge in [-0.3, -0.25) is 4.79 Å². The number of benzene rings is 1. The third-order valence-electron chi connectivity index (χ3n) is 4.71. The fourth-order valence-corrected chi connectivity index (χ4v) is 3.41. The molecule has 1 atom stereocenters. The molecule has 2 aliphatic rings. The van der Waals surface area contributed by atoms with E-state index in [0.717, 1.165) is 55.9 Å². The van der Waals surface area contributed by atoms with Gasteiger partial charge in [0.1, 0.15) is 11.5 Å². The van der Waals surface area contributed by atoms with Gasteiger partial charge in [0.05, 0.1) is 12.5 Å². The van der Waals surface area contributed by atoms with Gasteiger partial charge >= 0.3 is 0 Å². The summed E-state index contributed by atoms with van der Waals surface area (Å²) in [6.45, 7) is 3.13. The topological polar surface area (TPSA) is 58.4 Å². The molecule has 1 amide bonds. The lowest BCUT2D eigenvalue weighted by Crippen LogP contribution is -2.44. The average molecular weight is 348 g/mol. The highest BCUT2D eigenvalue weighted by Gasteiger charge is 2.30. The molecule has 3 heterocycles. The highest BCUT2D eigenvalue weighted by atomic mass is 35.5. The van der Waals surface area contributed by atoms with Crippen LogP contribution in [0.3, 0.4) is 0 Å². The van der Waals surface area contributed by atoms with Crippen LogP contribution >= 0.6 is 12.4 Å². The molecule has 1 aromatic carbocycles. The zero-order valence-corrected chi connectivity index (χ0v) is 14.3. The van der Waals surface area contributed by atoms with Gasteiger partial charge in [0, 0.05) is 25.1 Å². The van der Waals surface area contributed by atoms with Crippen molar-refractivity contribution in [2.75, 3.05) is 19.6 Å². The number of halogens is 1. The molecule has 1 fully saturated rings. The van der Waals surface area contributed by atoms with E-state index in [0.29, 0.717) is 12.4 Å². The van der Waals surface area contributed by atoms with E-state index in [4.69, 9.17) is 4.42 Å². The Labute approximate surface area is 147 Å². The molecule has 0 bridgehead atoms. The van der Waals surface area contributed by atoms with Crippen LogP contribution in [0, 0.1) is 5.92 Å². The Balaban J connectivity index is 0.00000169. The van der Waals surface area contributed by atoms with E-state index in [1.54, 1.807) is 0 Å². The number of fused-ring (bicyclic) bond motifs is 1. The molecule has 0 saturated carbocycles. The monoisotopic (exact) mass is 347 g/mol. The summed E-state index contributed by atoms with van der Waals surface area (Å²) in [7, 11) is 0. The molecular formula is C18H22ClN3O2. The fraction of sp³-hybridized carbons (Fsp3) is 0.444. The van der Waals surface area contributed by atoms with Crippen LogP contribution in [0.5, 0.6) is 0 Å². The van der Waals surface area contributed by atoms with Crippen molar-refractivity contribution < 1.29 is 9.21 Å². The van der Waals surface area contributed by atoms with E-state index in [1.165, 1.54) is 0 Å². The van der Waals surface area contributed by atoms with Crippen molar-refractivity contribution in [2.24, 2.45) is 5.92 Å². The molecule has 2 aliphatic heterocycles. The molecule has 1 N–H and O–H groups in total. The van der Waals surface area contributed by atoms with E-state index < -0.39 is 0 Å². The molecule has 5 nitrogen and oxygen atoms in total. The van der Waals surface area contributed by atoms with Gasteiger partial charge in [0.2, 0.25) is 11.8 Å². The molecule has 0 aliphatic carbocycles. The molecular weight excluding hydrogens is 326 g/mol. The number of piperidine rings is 1. The van der Waals surface area contributed by atoms with E-state index in [-0.39, 0.29) is 24.2 Å². The number of hydrogen-bond acceptors (Lipinski definition) is 4. The van der Waals surface area contributed by atoms with Crippen molar-refractivity contribution in [2.45, 2.75) is 25.8 Å². The fourth-order valence-electron chi connectivity index (χ4n) is 3.41. The first-order chi connectivity index (χ1) is 11.3. The predicted molar refractivity (Wildman–Crippen MR) is 93.9 cm³/mol. The summed E-state index contributed by atoms with van der Waals surface area (Å²) in [6.07, 6.45) is 2.82. The highest BCUT2D eigenvalue weighted by Crippen LogP contribution is 2.27. The van der Waals surface area contributed by atoms with E-state index in [2.05, 4.69) is 10.3 Å². The summed E-state index contributed by atoms with van der Waals surface area (Å²) in [5.74, 6) is 1.96. The van der Waals surface area contributed by atoms with E-state index in [9.17, 15) is 4.79 Å². The molecule has 4 rings (SSSR count). The van der Waals surface area contributed by atoms with Crippen molar-refractivity contribution in [3.8, 4) is 11.5 Å². The maximum absolute atomic E-state index is 12.7. The zero-order valence-electron chi connectivity index (χ0n) is 13.5. The van der Waals surface area contributed by atoms with Crippen molar-refractivity contribution >= 4 is 18.3 Å². The van der Waals surface area contributed by atoms with Gasteiger partial charge in [-0.05, 0) is 31.5 Å². The van der Waals surface area contributed by atoms with Crippen LogP contribution in [0.25, 0.3) is 11.5 Å². The zero-order chi connectivity index (χ0) is 15.6. The second-order valence-electron chi connectivity index (χ2n) is 6.31. The Bertz CT molecular complexity index is 696. The molecule has 0 radical (unpaired) electrons. The van der Waals surface area contributed by atoms with Crippen molar-refractivity contribution in [3.05, 3.63) is 41.8 Å². The number of carbonyl (C=O) groups is 1. The van der Waals surface area contributed by atoms with Gasteiger partial charge in [-0.1, -0.05) is 18.2 Å². The minimum Gasteiger partial charge on any atom is -0.441 e. The first kappa shape index (κ1) is 17.0. The van der Waals surface area contributed by atoms with Gasteiger partial charge in [-0.15, -0.1) is 12.4 Å². The first-order valence-corrected chi connectivity index (χ1v) is 8.35. The number of nitrogens with zero attached hydrogens (tertiary/aromatic N) is 2. The Hall–Kier alpha value is -1.85. The lowest BCUT2D eigenvalue weighted by atomic mass is 9.97. The normalized spacial score (nSPS) is 20.2. The minimum absolute atomic E-state index is 0. The quantitative estimate of drug-likeness (QED) is 0.907. The first-order valence-electron chi connectivity index (χ1n) is 8.35. The van der Waals surface area contributed by atoms with Gasteiger partial charge in [-0.25, -0.2) is 4.98 Å². The number of hydrogen-bond donors (Lipinski definition) is 1. The summed E-state index contributed by atoms with van der Waals surface area (Å²) in [5.41, 5.74) is 1.89. The second-order valence-corrected chi connectivity index (χ2v) is 6.31. The van der Waals surface area contributed by atoms with E-state index in [1.807, 2.05) is 35.2 Å². The number of carbonyl (C=O) groups excluding carboxylic acids is 1. The Kier molecular flexibility index (Phi) is 5.21. The third-order valence-corrected chi connectivity index (χ3v) is 4.71. The average Bonchev–Trinajstić information content (AvgIpc) is 3.06. The molecule has 24 heavy (non-hydrogen) atoms. The van der Waals surface area contributed by atoms with Gasteiger partial charge < -0.3 is 14.6 Å². The van der Waals surface area contributed by atoms with Crippen LogP contribution in [-0.2, 0) is 17.8 Å². The van der Waals surface area contributed by atoms with Gasteiger partial charge in [-0.2, -0.15) is 0 Å². The summed E-state index contributed by atoms with van der Waals surface area (Å²) in [4.78, 5) is 19.2. The molecule has 1 aromatic heterocycles. The number of oxazole rings is 1. The summed E-state index contributed by atoms with van der Waals surface area (Å²) >= 11 is 0. The Morgan fingerprint density at radius 1 is 1.29 bits per heavy atom. The van der Waals surface area contributed by atoms with Crippen LogP contribution in [0.1, 0.15) is 24.3 Å². The molecule has 0 unspecified atom stereocenters. The predicted octanol–water partition coefficient (Wildman–Crippen LogP) is 2.65. The second kappa shape index (κ2) is 7.36. The number of rotatable bonds is 2. The molecule has 0 spiro atoms. The van der Waals surface area contributed by atoms with Crippen LogP contribution in [-0.4, -0.2) is 35.4 Å². The van der Waals surface area contributed by atoms with Crippen LogP contribution in [0.2, 0.25) is 0 Å². The number of amides is 1. The standard InChI is InChI=1S/C18H21N3O2.ClH/c22-18(14-7-4-9-19-11-14)21-10-8-16-15(12-21)20-17(23-16)13-5-2-1-3-6-13;/h1-3,5-6,14,19H,4,7-12H2;1H/t14-;/m0./s1. The summed E-state index contributed by atoms with van der Waals surface area (Å²) in [6, 6.07) is 9.92. The summed E-state index contributed by atoms with van der Waals surface area (Å²) in [5, 5.41) is 3.32. The maximum atomic E-state index is 12.7. The molecule has 1 saturated heterocycles. The molecule has 6 heteroatoms. The lowest BCUT2D eigenvalue weighted by Gasteiger charge is -2.31. The van der Waals surface area contributed by atoms with E-state index >= 15 is 0 Å². The van der Waals surface area contributed by atoms with Crippen molar-refractivity contribution in [3.63, 3.8) is 0 Å². The SMILES string of the molecule is Cl.O=C([C@H]1CCCNC1)N1CCc2oc(-c3ccccc3)nc2C1. The van der Waals surface area contributed by atoms with Crippen molar-refractivity contribution in [1.29, 1.82) is 0 Å². The lowest BCUT2D eigenvalue weighted by molar-refractivity contribution is -0.137. The number of aromatic nitrogens is 1. The molecule has 128 valence electrons. The van der Waals surface area contributed by atoms with Gasteiger partial charge in [0.25, 0.3) is 0 Å². The van der Waals surface area contributed by atoms with Crippen LogP contribution in [0.15, 0.2) is 34.7 Å². The van der Waals surface area contributed by atoms with Crippen LogP contribution in [0.4, 0.5) is 0 Å². The summed E-state index contributed by atoms with van der Waals surface area (Å²) < 4.78 is 5.90. The maximum Gasteiger partial charge on any atom is 0.227 e. The smallest absolute Gasteiger partial charge is 0.227 e. The Morgan fingerprint density at radius 3 is 2.88 bits per heavy atom. The van der Waals surface area contributed by atoms with Gasteiger partial charge in [0.15, 0.2) is 0 Å². The third kappa shape index (κ3) is 3.32. The van der Waals surface area contributed by atoms with Crippen LogP contribution < -0.4 is 5.32 Å².